The Morgan fingerprint density at radius 2 is 1.93 bits per heavy atom. The van der Waals surface area contributed by atoms with E-state index < -0.39 is 12.6 Å². The van der Waals surface area contributed by atoms with Gasteiger partial charge in [0.1, 0.15) is 0 Å². The Kier molecular flexibility index (Phi) is 4.19. The molecule has 2 nitrogen and oxygen atoms in total. The first kappa shape index (κ1) is 11.8. The maximum absolute atomic E-state index is 11.9. The lowest BCUT2D eigenvalue weighted by molar-refractivity contribution is -0.137. The average Bonchev–Trinajstić information content (AvgIpc) is 1.96. The first-order valence-electron chi connectivity index (χ1n) is 4.93. The van der Waals surface area contributed by atoms with Crippen LogP contribution in [0.5, 0.6) is 0 Å². The van der Waals surface area contributed by atoms with Gasteiger partial charge in [0.25, 0.3) is 0 Å². The number of halogens is 3. The van der Waals surface area contributed by atoms with Crippen molar-refractivity contribution in [2.24, 2.45) is 5.92 Å². The molecule has 0 aliphatic carbocycles. The van der Waals surface area contributed by atoms with Gasteiger partial charge in [-0.2, -0.15) is 13.2 Å². The third kappa shape index (κ3) is 4.81. The Labute approximate surface area is 82.5 Å². The fourth-order valence-corrected chi connectivity index (χ4v) is 1.38. The van der Waals surface area contributed by atoms with E-state index in [-0.39, 0.29) is 6.54 Å². The molecular formula is C9H17F3N2. The Morgan fingerprint density at radius 3 is 2.36 bits per heavy atom. The zero-order chi connectivity index (χ0) is 10.6. The topological polar surface area (TPSA) is 15.3 Å². The molecule has 0 aromatic carbocycles. The Balaban J connectivity index is 2.00. The van der Waals surface area contributed by atoms with Gasteiger partial charge in [0, 0.05) is 6.54 Å². The zero-order valence-electron chi connectivity index (χ0n) is 8.40. The van der Waals surface area contributed by atoms with Crippen LogP contribution in [0.15, 0.2) is 0 Å². The summed E-state index contributed by atoms with van der Waals surface area (Å²) in [5.74, 6) is 0.670. The maximum atomic E-state index is 11.9. The van der Waals surface area contributed by atoms with Crippen LogP contribution < -0.4 is 5.32 Å². The molecule has 0 amide bonds. The van der Waals surface area contributed by atoms with Gasteiger partial charge in [0.05, 0.1) is 6.42 Å². The van der Waals surface area contributed by atoms with Crippen LogP contribution in [-0.4, -0.2) is 44.3 Å². The summed E-state index contributed by atoms with van der Waals surface area (Å²) in [6.07, 6.45) is -3.72. The van der Waals surface area contributed by atoms with E-state index in [0.717, 1.165) is 26.1 Å². The summed E-state index contributed by atoms with van der Waals surface area (Å²) in [7, 11) is 1.75. The highest BCUT2D eigenvalue weighted by atomic mass is 19.4. The summed E-state index contributed by atoms with van der Waals surface area (Å²) >= 11 is 0. The minimum atomic E-state index is -4.02. The second kappa shape index (κ2) is 4.98. The van der Waals surface area contributed by atoms with Crippen LogP contribution in [0.2, 0.25) is 0 Å². The second-order valence-electron chi connectivity index (χ2n) is 3.98. The molecule has 0 unspecified atom stereocenters. The van der Waals surface area contributed by atoms with E-state index in [1.165, 1.54) is 0 Å². The zero-order valence-corrected chi connectivity index (χ0v) is 8.40. The van der Waals surface area contributed by atoms with Crippen molar-refractivity contribution in [1.29, 1.82) is 0 Å². The highest BCUT2D eigenvalue weighted by Crippen LogP contribution is 2.19. The number of hydrogen-bond donors (Lipinski definition) is 1. The van der Waals surface area contributed by atoms with Gasteiger partial charge in [-0.25, -0.2) is 0 Å². The summed E-state index contributed by atoms with van der Waals surface area (Å²) < 4.78 is 35.6. The van der Waals surface area contributed by atoms with Gasteiger partial charge < -0.3 is 10.2 Å². The van der Waals surface area contributed by atoms with E-state index in [9.17, 15) is 13.2 Å². The number of nitrogens with zero attached hydrogens (tertiary/aromatic N) is 1. The molecule has 0 bridgehead atoms. The third-order valence-electron chi connectivity index (χ3n) is 2.56. The molecule has 0 spiro atoms. The van der Waals surface area contributed by atoms with Crippen LogP contribution in [0.1, 0.15) is 12.8 Å². The normalized spacial score (nSPS) is 18.6. The monoisotopic (exact) mass is 210 g/mol. The number of nitrogens with one attached hydrogen (secondary N) is 1. The molecule has 1 aliphatic rings. The van der Waals surface area contributed by atoms with Gasteiger partial charge in [-0.3, -0.25) is 0 Å². The van der Waals surface area contributed by atoms with Gasteiger partial charge in [-0.15, -0.1) is 0 Å². The van der Waals surface area contributed by atoms with Crippen LogP contribution in [0.4, 0.5) is 13.2 Å². The predicted octanol–water partition coefficient (Wildman–Crippen LogP) is 1.48. The van der Waals surface area contributed by atoms with Crippen LogP contribution in [0, 0.1) is 5.92 Å². The molecule has 0 aromatic rings. The van der Waals surface area contributed by atoms with E-state index in [1.54, 1.807) is 11.9 Å². The number of alkyl halides is 3. The van der Waals surface area contributed by atoms with E-state index >= 15 is 0 Å². The molecule has 1 heterocycles. The van der Waals surface area contributed by atoms with Crippen LogP contribution in [0.25, 0.3) is 0 Å². The van der Waals surface area contributed by atoms with Crippen molar-refractivity contribution in [3.05, 3.63) is 0 Å². The van der Waals surface area contributed by atoms with Crippen LogP contribution >= 0.6 is 0 Å². The summed E-state index contributed by atoms with van der Waals surface area (Å²) in [5, 5.41) is 3.14. The van der Waals surface area contributed by atoms with Gasteiger partial charge in [-0.05, 0) is 39.0 Å². The maximum Gasteiger partial charge on any atom is 0.390 e. The van der Waals surface area contributed by atoms with Gasteiger partial charge in [0.2, 0.25) is 0 Å². The van der Waals surface area contributed by atoms with Gasteiger partial charge in [0.15, 0.2) is 0 Å². The third-order valence-corrected chi connectivity index (χ3v) is 2.56. The van der Waals surface area contributed by atoms with Crippen LogP contribution in [-0.2, 0) is 0 Å². The Morgan fingerprint density at radius 1 is 1.29 bits per heavy atom. The minimum absolute atomic E-state index is 0.115. The second-order valence-corrected chi connectivity index (χ2v) is 3.98. The molecule has 1 N–H and O–H groups in total. The van der Waals surface area contributed by atoms with Crippen molar-refractivity contribution < 1.29 is 13.2 Å². The van der Waals surface area contributed by atoms with E-state index in [0.29, 0.717) is 5.92 Å². The Hall–Kier alpha value is -0.290. The van der Waals surface area contributed by atoms with Crippen molar-refractivity contribution in [2.75, 3.05) is 33.2 Å². The molecule has 0 atom stereocenters. The van der Waals surface area contributed by atoms with Gasteiger partial charge >= 0.3 is 6.18 Å². The molecular weight excluding hydrogens is 193 g/mol. The molecule has 5 heteroatoms. The molecule has 84 valence electrons. The average molecular weight is 210 g/mol. The highest BCUT2D eigenvalue weighted by Gasteiger charge is 2.27. The quantitative estimate of drug-likeness (QED) is 0.739. The molecule has 14 heavy (non-hydrogen) atoms. The first-order chi connectivity index (χ1) is 6.47. The van der Waals surface area contributed by atoms with Crippen molar-refractivity contribution >= 4 is 0 Å². The molecule has 1 saturated heterocycles. The summed E-state index contributed by atoms with van der Waals surface area (Å²) in [5.41, 5.74) is 0. The molecule has 0 radical (unpaired) electrons. The minimum Gasteiger partial charge on any atom is -0.316 e. The van der Waals surface area contributed by atoms with E-state index in [2.05, 4.69) is 5.32 Å². The first-order valence-corrected chi connectivity index (χ1v) is 4.93. The standard InChI is InChI=1S/C9H17F3N2/c1-14(5-3-9(10,11)12)4-2-8-6-13-7-8/h8,13H,2-7H2,1H3. The van der Waals surface area contributed by atoms with Gasteiger partial charge in [-0.1, -0.05) is 0 Å². The van der Waals surface area contributed by atoms with Crippen molar-refractivity contribution in [1.82, 2.24) is 10.2 Å². The molecule has 1 fully saturated rings. The molecule has 0 saturated carbocycles. The lowest BCUT2D eigenvalue weighted by Gasteiger charge is -2.29. The van der Waals surface area contributed by atoms with E-state index in [1.807, 2.05) is 0 Å². The fraction of sp³-hybridized carbons (Fsp3) is 1.00. The Bertz CT molecular complexity index is 166. The highest BCUT2D eigenvalue weighted by molar-refractivity contribution is 4.75. The van der Waals surface area contributed by atoms with Crippen LogP contribution in [0.3, 0.4) is 0 Å². The van der Waals surface area contributed by atoms with Crippen molar-refractivity contribution in [2.45, 2.75) is 19.0 Å². The smallest absolute Gasteiger partial charge is 0.316 e. The van der Waals surface area contributed by atoms with E-state index in [4.69, 9.17) is 0 Å². The predicted molar refractivity (Wildman–Crippen MR) is 49.1 cm³/mol. The molecule has 1 rings (SSSR count). The van der Waals surface area contributed by atoms with Crippen molar-refractivity contribution in [3.8, 4) is 0 Å². The number of rotatable bonds is 5. The molecule has 1 aliphatic heterocycles. The summed E-state index contributed by atoms with van der Waals surface area (Å²) in [6.45, 7) is 2.92. The fourth-order valence-electron chi connectivity index (χ4n) is 1.38. The van der Waals surface area contributed by atoms with Crippen molar-refractivity contribution in [3.63, 3.8) is 0 Å². The lowest BCUT2D eigenvalue weighted by atomic mass is 9.99. The summed E-state index contributed by atoms with van der Waals surface area (Å²) in [6, 6.07) is 0. The summed E-state index contributed by atoms with van der Waals surface area (Å²) in [4.78, 5) is 1.76. The largest absolute Gasteiger partial charge is 0.390 e. The SMILES string of the molecule is CN(CCC1CNC1)CCC(F)(F)F. The molecule has 0 aromatic heterocycles. The number of hydrogen-bond acceptors (Lipinski definition) is 2. The lowest BCUT2D eigenvalue weighted by Crippen LogP contribution is -2.43.